The lowest BCUT2D eigenvalue weighted by Crippen LogP contribution is -2.21. The fourth-order valence-corrected chi connectivity index (χ4v) is 2.16. The Bertz CT molecular complexity index is 591. The fraction of sp³-hybridized carbons (Fsp3) is 0.176. The number of ether oxygens (including phenoxy) is 1. The lowest BCUT2D eigenvalue weighted by atomic mass is 10.1. The molecule has 0 aromatic heterocycles. The van der Waals surface area contributed by atoms with Gasteiger partial charge in [0.05, 0.1) is 6.42 Å². The van der Waals surface area contributed by atoms with Crippen LogP contribution in [0.2, 0.25) is 0 Å². The Hall–Kier alpha value is -1.89. The Morgan fingerprint density at radius 2 is 1.68 bits per heavy atom. The number of carbonyl (C=O) groups excluding carboxylic acids is 2. The van der Waals surface area contributed by atoms with E-state index in [0.29, 0.717) is 5.69 Å². The van der Waals surface area contributed by atoms with E-state index in [1.54, 1.807) is 12.1 Å². The molecule has 0 saturated carbocycles. The third kappa shape index (κ3) is 5.48. The average molecular weight is 409 g/mol. The quantitative estimate of drug-likeness (QED) is 0.609. The third-order valence-corrected chi connectivity index (χ3v) is 3.68. The highest BCUT2D eigenvalue weighted by molar-refractivity contribution is 14.1. The van der Waals surface area contributed by atoms with Gasteiger partial charge in [-0.15, -0.1) is 0 Å². The molecule has 0 aliphatic heterocycles. The first-order chi connectivity index (χ1) is 10.5. The Morgan fingerprint density at radius 3 is 2.32 bits per heavy atom. The molecule has 0 saturated heterocycles. The van der Waals surface area contributed by atoms with Crippen molar-refractivity contribution in [3.63, 3.8) is 0 Å². The predicted molar refractivity (Wildman–Crippen MR) is 93.6 cm³/mol. The van der Waals surface area contributed by atoms with Gasteiger partial charge in [0, 0.05) is 9.26 Å². The molecule has 0 heterocycles. The lowest BCUT2D eigenvalue weighted by molar-refractivity contribution is -0.146. The van der Waals surface area contributed by atoms with Gasteiger partial charge in [-0.05, 0) is 59.3 Å². The summed E-state index contributed by atoms with van der Waals surface area (Å²) in [6.45, 7) is 1.70. The van der Waals surface area contributed by atoms with Crippen molar-refractivity contribution < 1.29 is 14.3 Å². The molecule has 0 fully saturated rings. The summed E-state index contributed by atoms with van der Waals surface area (Å²) in [6.07, 6.45) is 0.164. The van der Waals surface area contributed by atoms with Gasteiger partial charge in [-0.2, -0.15) is 0 Å². The Morgan fingerprint density at radius 1 is 1.05 bits per heavy atom. The number of aryl methyl sites for hydroxylation is 1. The van der Waals surface area contributed by atoms with Crippen molar-refractivity contribution in [1.29, 1.82) is 0 Å². The topological polar surface area (TPSA) is 55.4 Å². The summed E-state index contributed by atoms with van der Waals surface area (Å²) in [5.41, 5.74) is 2.68. The summed E-state index contributed by atoms with van der Waals surface area (Å²) in [7, 11) is 0. The standard InChI is InChI=1S/C17H16INO3/c1-12-2-4-13(5-3-12)10-17(21)22-11-16(20)19-15-8-6-14(18)7-9-15/h2-9H,10-11H2,1H3,(H,19,20). The highest BCUT2D eigenvalue weighted by atomic mass is 127. The van der Waals surface area contributed by atoms with Gasteiger partial charge in [0.25, 0.3) is 5.91 Å². The number of hydrogen-bond acceptors (Lipinski definition) is 3. The molecule has 2 aromatic carbocycles. The zero-order valence-corrected chi connectivity index (χ0v) is 14.3. The van der Waals surface area contributed by atoms with Crippen LogP contribution in [0.5, 0.6) is 0 Å². The number of rotatable bonds is 5. The largest absolute Gasteiger partial charge is 0.455 e. The third-order valence-electron chi connectivity index (χ3n) is 2.96. The molecule has 22 heavy (non-hydrogen) atoms. The number of halogens is 1. The van der Waals surface area contributed by atoms with Gasteiger partial charge in [-0.1, -0.05) is 29.8 Å². The molecule has 4 nitrogen and oxygen atoms in total. The first-order valence-electron chi connectivity index (χ1n) is 6.79. The smallest absolute Gasteiger partial charge is 0.310 e. The van der Waals surface area contributed by atoms with E-state index in [2.05, 4.69) is 27.9 Å². The fourth-order valence-electron chi connectivity index (χ4n) is 1.80. The number of esters is 1. The van der Waals surface area contributed by atoms with Crippen LogP contribution in [0.1, 0.15) is 11.1 Å². The van der Waals surface area contributed by atoms with E-state index in [9.17, 15) is 9.59 Å². The van der Waals surface area contributed by atoms with Crippen molar-refractivity contribution in [1.82, 2.24) is 0 Å². The zero-order valence-electron chi connectivity index (χ0n) is 12.1. The lowest BCUT2D eigenvalue weighted by Gasteiger charge is -2.07. The number of nitrogens with one attached hydrogen (secondary N) is 1. The second-order valence-electron chi connectivity index (χ2n) is 4.88. The van der Waals surface area contributed by atoms with Crippen LogP contribution >= 0.6 is 22.6 Å². The van der Waals surface area contributed by atoms with Crippen LogP contribution in [-0.2, 0) is 20.7 Å². The van der Waals surface area contributed by atoms with Crippen molar-refractivity contribution in [3.8, 4) is 0 Å². The molecule has 5 heteroatoms. The highest BCUT2D eigenvalue weighted by Gasteiger charge is 2.09. The highest BCUT2D eigenvalue weighted by Crippen LogP contribution is 2.11. The van der Waals surface area contributed by atoms with Crippen molar-refractivity contribution >= 4 is 40.2 Å². The van der Waals surface area contributed by atoms with Crippen LogP contribution < -0.4 is 5.32 Å². The van der Waals surface area contributed by atoms with Gasteiger partial charge in [0.1, 0.15) is 0 Å². The second-order valence-corrected chi connectivity index (χ2v) is 6.12. The van der Waals surface area contributed by atoms with Gasteiger partial charge >= 0.3 is 5.97 Å². The Labute approximate surface area is 143 Å². The molecule has 2 aromatic rings. The summed E-state index contributed by atoms with van der Waals surface area (Å²) in [6, 6.07) is 15.0. The molecule has 0 bridgehead atoms. The molecule has 0 unspecified atom stereocenters. The molecular formula is C17H16INO3. The molecule has 2 rings (SSSR count). The number of carbonyl (C=O) groups is 2. The Balaban J connectivity index is 1.76. The maximum Gasteiger partial charge on any atom is 0.310 e. The number of amides is 1. The molecule has 0 atom stereocenters. The molecule has 0 radical (unpaired) electrons. The molecular weight excluding hydrogens is 393 g/mol. The van der Waals surface area contributed by atoms with Gasteiger partial charge in [0.15, 0.2) is 6.61 Å². The molecule has 0 spiro atoms. The first-order valence-corrected chi connectivity index (χ1v) is 7.87. The van der Waals surface area contributed by atoms with Crippen LogP contribution in [-0.4, -0.2) is 18.5 Å². The van der Waals surface area contributed by atoms with E-state index in [-0.39, 0.29) is 18.9 Å². The van der Waals surface area contributed by atoms with Gasteiger partial charge in [-0.25, -0.2) is 0 Å². The maximum absolute atomic E-state index is 11.7. The number of anilines is 1. The average Bonchev–Trinajstić information content (AvgIpc) is 2.50. The number of benzene rings is 2. The van der Waals surface area contributed by atoms with Crippen LogP contribution in [0.4, 0.5) is 5.69 Å². The number of hydrogen-bond donors (Lipinski definition) is 1. The predicted octanol–water partition coefficient (Wildman–Crippen LogP) is 3.32. The summed E-state index contributed by atoms with van der Waals surface area (Å²) in [5, 5.41) is 2.68. The van der Waals surface area contributed by atoms with E-state index in [4.69, 9.17) is 4.74 Å². The minimum Gasteiger partial charge on any atom is -0.455 e. The van der Waals surface area contributed by atoms with E-state index in [1.807, 2.05) is 43.3 Å². The summed E-state index contributed by atoms with van der Waals surface area (Å²) >= 11 is 2.19. The Kier molecular flexibility index (Phi) is 5.94. The van der Waals surface area contributed by atoms with Gasteiger partial charge in [0.2, 0.25) is 0 Å². The van der Waals surface area contributed by atoms with Gasteiger partial charge in [-0.3, -0.25) is 9.59 Å². The molecule has 1 N–H and O–H groups in total. The molecule has 114 valence electrons. The normalized spacial score (nSPS) is 10.1. The second kappa shape index (κ2) is 7.93. The zero-order chi connectivity index (χ0) is 15.9. The SMILES string of the molecule is Cc1ccc(CC(=O)OCC(=O)Nc2ccc(I)cc2)cc1. The summed E-state index contributed by atoms with van der Waals surface area (Å²) < 4.78 is 6.06. The van der Waals surface area contributed by atoms with Gasteiger partial charge < -0.3 is 10.1 Å². The van der Waals surface area contributed by atoms with Crippen LogP contribution in [0, 0.1) is 10.5 Å². The summed E-state index contributed by atoms with van der Waals surface area (Å²) in [4.78, 5) is 23.4. The van der Waals surface area contributed by atoms with E-state index >= 15 is 0 Å². The minimum atomic E-state index is -0.415. The van der Waals surface area contributed by atoms with Crippen LogP contribution in [0.25, 0.3) is 0 Å². The molecule has 0 aliphatic carbocycles. The van der Waals surface area contributed by atoms with Crippen molar-refractivity contribution in [2.45, 2.75) is 13.3 Å². The van der Waals surface area contributed by atoms with Crippen molar-refractivity contribution in [2.75, 3.05) is 11.9 Å². The van der Waals surface area contributed by atoms with E-state index in [1.165, 1.54) is 0 Å². The van der Waals surface area contributed by atoms with Crippen molar-refractivity contribution in [2.24, 2.45) is 0 Å². The summed E-state index contributed by atoms with van der Waals surface area (Å²) in [5.74, 6) is -0.764. The maximum atomic E-state index is 11.7. The van der Waals surface area contributed by atoms with Crippen LogP contribution in [0.3, 0.4) is 0 Å². The van der Waals surface area contributed by atoms with Crippen LogP contribution in [0.15, 0.2) is 48.5 Å². The molecule has 1 amide bonds. The molecule has 0 aliphatic rings. The minimum absolute atomic E-state index is 0.164. The monoisotopic (exact) mass is 409 g/mol. The van der Waals surface area contributed by atoms with Crippen molar-refractivity contribution in [3.05, 3.63) is 63.2 Å². The van der Waals surface area contributed by atoms with E-state index < -0.39 is 5.97 Å². The van der Waals surface area contributed by atoms with E-state index in [0.717, 1.165) is 14.7 Å². The first kappa shape index (κ1) is 16.5.